The number of carbonyl (C=O) groups excluding carboxylic acids is 1. The standard InChI is InChI=1S/C17H25N7OS/c1-10-8-13(26-24-10)22-16-14(15(18)25)20-9-12(21-16)23-17(2)6-4-11(19-3)5-7-17/h8-9,11,19H,4-7H2,1-3H3,(H2,18,25)(H2,21,22,23). The van der Waals surface area contributed by atoms with Crippen LogP contribution in [0.4, 0.5) is 16.6 Å². The van der Waals surface area contributed by atoms with E-state index >= 15 is 0 Å². The Morgan fingerprint density at radius 1 is 1.38 bits per heavy atom. The van der Waals surface area contributed by atoms with Crippen LogP contribution < -0.4 is 21.7 Å². The van der Waals surface area contributed by atoms with Gasteiger partial charge in [-0.3, -0.25) is 4.79 Å². The van der Waals surface area contributed by atoms with Gasteiger partial charge in [-0.05, 0) is 64.2 Å². The second-order valence-corrected chi connectivity index (χ2v) is 7.83. The number of aromatic nitrogens is 3. The van der Waals surface area contributed by atoms with E-state index in [1.807, 2.05) is 20.0 Å². The fraction of sp³-hybridized carbons (Fsp3) is 0.529. The largest absolute Gasteiger partial charge is 0.364 e. The number of nitrogens with two attached hydrogens (primary N) is 1. The van der Waals surface area contributed by atoms with E-state index in [2.05, 4.69) is 37.2 Å². The van der Waals surface area contributed by atoms with Crippen LogP contribution >= 0.6 is 11.5 Å². The lowest BCUT2D eigenvalue weighted by Crippen LogP contribution is -2.43. The Bertz CT molecular complexity index is 783. The monoisotopic (exact) mass is 375 g/mol. The molecule has 0 aromatic carbocycles. The first-order valence-corrected chi connectivity index (χ1v) is 9.48. The molecule has 26 heavy (non-hydrogen) atoms. The van der Waals surface area contributed by atoms with Crippen LogP contribution in [-0.2, 0) is 0 Å². The molecule has 1 aliphatic rings. The first kappa shape index (κ1) is 18.5. The first-order chi connectivity index (χ1) is 12.4. The van der Waals surface area contributed by atoms with Crippen molar-refractivity contribution in [2.75, 3.05) is 17.7 Å². The molecule has 0 spiro atoms. The average molecular weight is 376 g/mol. The zero-order chi connectivity index (χ0) is 18.7. The van der Waals surface area contributed by atoms with Crippen LogP contribution in [0.25, 0.3) is 0 Å². The van der Waals surface area contributed by atoms with Gasteiger partial charge in [0.2, 0.25) is 0 Å². The normalized spacial score (nSPS) is 22.8. The number of anilines is 3. The van der Waals surface area contributed by atoms with Crippen LogP contribution in [-0.4, -0.2) is 38.9 Å². The molecule has 0 bridgehead atoms. The quantitative estimate of drug-likeness (QED) is 0.612. The zero-order valence-electron chi connectivity index (χ0n) is 15.3. The molecule has 1 saturated carbocycles. The number of amides is 1. The highest BCUT2D eigenvalue weighted by Crippen LogP contribution is 2.31. The fourth-order valence-electron chi connectivity index (χ4n) is 3.23. The summed E-state index contributed by atoms with van der Waals surface area (Å²) in [5.74, 6) is 0.358. The lowest BCUT2D eigenvalue weighted by Gasteiger charge is -2.38. The van der Waals surface area contributed by atoms with Crippen molar-refractivity contribution in [3.63, 3.8) is 0 Å². The van der Waals surface area contributed by atoms with Crippen LogP contribution in [0.2, 0.25) is 0 Å². The molecular formula is C17H25N7OS. The number of nitrogens with zero attached hydrogens (tertiary/aromatic N) is 3. The molecule has 2 heterocycles. The highest BCUT2D eigenvalue weighted by molar-refractivity contribution is 7.10. The SMILES string of the molecule is CNC1CCC(C)(Nc2cnc(C(N)=O)c(Nc3cc(C)ns3)n2)CC1. The van der Waals surface area contributed by atoms with Gasteiger partial charge >= 0.3 is 0 Å². The van der Waals surface area contributed by atoms with Crippen molar-refractivity contribution in [2.24, 2.45) is 5.73 Å². The molecular weight excluding hydrogens is 350 g/mol. The molecule has 8 nitrogen and oxygen atoms in total. The minimum Gasteiger partial charge on any atom is -0.364 e. The van der Waals surface area contributed by atoms with Gasteiger partial charge in [-0.1, -0.05) is 0 Å². The lowest BCUT2D eigenvalue weighted by atomic mass is 9.81. The van der Waals surface area contributed by atoms with E-state index in [1.54, 1.807) is 6.20 Å². The van der Waals surface area contributed by atoms with Crippen LogP contribution in [0.5, 0.6) is 0 Å². The van der Waals surface area contributed by atoms with Gasteiger partial charge in [0, 0.05) is 11.6 Å². The van der Waals surface area contributed by atoms with Crippen molar-refractivity contribution in [1.29, 1.82) is 0 Å². The summed E-state index contributed by atoms with van der Waals surface area (Å²) < 4.78 is 4.22. The summed E-state index contributed by atoms with van der Waals surface area (Å²) in [5, 5.41) is 10.7. The van der Waals surface area contributed by atoms with Gasteiger partial charge in [-0.2, -0.15) is 4.37 Å². The third kappa shape index (κ3) is 4.28. The van der Waals surface area contributed by atoms with Crippen molar-refractivity contribution >= 4 is 34.1 Å². The van der Waals surface area contributed by atoms with Gasteiger partial charge in [0.05, 0.1) is 11.9 Å². The van der Waals surface area contributed by atoms with Gasteiger partial charge in [0.25, 0.3) is 5.91 Å². The number of primary amides is 1. The van der Waals surface area contributed by atoms with Crippen molar-refractivity contribution < 1.29 is 4.79 Å². The predicted octanol–water partition coefficient (Wildman–Crippen LogP) is 2.42. The Morgan fingerprint density at radius 3 is 2.69 bits per heavy atom. The van der Waals surface area contributed by atoms with Crippen molar-refractivity contribution in [3.05, 3.63) is 23.7 Å². The minimum absolute atomic E-state index is 0.0470. The Labute approximate surface area is 157 Å². The second-order valence-electron chi connectivity index (χ2n) is 7.02. The summed E-state index contributed by atoms with van der Waals surface area (Å²) in [6.45, 7) is 4.10. The van der Waals surface area contributed by atoms with E-state index < -0.39 is 5.91 Å². The van der Waals surface area contributed by atoms with Crippen LogP contribution in [0.15, 0.2) is 12.3 Å². The molecule has 2 aromatic heterocycles. The fourth-order valence-corrected chi connectivity index (χ4v) is 3.89. The van der Waals surface area contributed by atoms with Gasteiger partial charge in [0.15, 0.2) is 11.5 Å². The molecule has 1 fully saturated rings. The van der Waals surface area contributed by atoms with E-state index in [0.717, 1.165) is 36.4 Å². The molecule has 5 N–H and O–H groups in total. The molecule has 0 aliphatic heterocycles. The lowest BCUT2D eigenvalue weighted by molar-refractivity contribution is 0.0996. The second kappa shape index (κ2) is 7.55. The number of hydrogen-bond acceptors (Lipinski definition) is 8. The summed E-state index contributed by atoms with van der Waals surface area (Å²) in [6, 6.07) is 2.46. The highest BCUT2D eigenvalue weighted by Gasteiger charge is 2.31. The molecule has 1 aliphatic carbocycles. The molecule has 1 amide bonds. The van der Waals surface area contributed by atoms with Crippen molar-refractivity contribution in [2.45, 2.75) is 51.1 Å². The minimum atomic E-state index is -0.617. The number of carbonyl (C=O) groups is 1. The van der Waals surface area contributed by atoms with E-state index in [-0.39, 0.29) is 11.2 Å². The van der Waals surface area contributed by atoms with Gasteiger partial charge in [-0.25, -0.2) is 9.97 Å². The number of rotatable bonds is 6. The Kier molecular flexibility index (Phi) is 5.38. The Balaban J connectivity index is 1.80. The topological polar surface area (TPSA) is 118 Å². The smallest absolute Gasteiger partial charge is 0.271 e. The third-order valence-corrected chi connectivity index (χ3v) is 5.60. The van der Waals surface area contributed by atoms with E-state index in [9.17, 15) is 4.79 Å². The number of nitrogens with one attached hydrogen (secondary N) is 3. The molecule has 0 atom stereocenters. The van der Waals surface area contributed by atoms with Crippen molar-refractivity contribution in [3.8, 4) is 0 Å². The van der Waals surface area contributed by atoms with E-state index in [4.69, 9.17) is 5.73 Å². The van der Waals surface area contributed by atoms with Crippen LogP contribution in [0.3, 0.4) is 0 Å². The van der Waals surface area contributed by atoms with Crippen molar-refractivity contribution in [1.82, 2.24) is 19.7 Å². The van der Waals surface area contributed by atoms with Gasteiger partial charge in [0.1, 0.15) is 10.8 Å². The maximum Gasteiger partial charge on any atom is 0.271 e. The summed E-state index contributed by atoms with van der Waals surface area (Å²) in [6.07, 6.45) is 5.86. The zero-order valence-corrected chi connectivity index (χ0v) is 16.1. The summed E-state index contributed by atoms with van der Waals surface area (Å²) in [7, 11) is 2.01. The molecule has 0 saturated heterocycles. The number of hydrogen-bond donors (Lipinski definition) is 4. The molecule has 0 radical (unpaired) electrons. The summed E-state index contributed by atoms with van der Waals surface area (Å²) in [4.78, 5) is 20.5. The Hall–Kier alpha value is -2.26. The Morgan fingerprint density at radius 2 is 2.12 bits per heavy atom. The summed E-state index contributed by atoms with van der Waals surface area (Å²) in [5.41, 5.74) is 6.41. The first-order valence-electron chi connectivity index (χ1n) is 8.71. The van der Waals surface area contributed by atoms with E-state index in [0.29, 0.717) is 17.7 Å². The van der Waals surface area contributed by atoms with Crippen LogP contribution in [0.1, 0.15) is 48.8 Å². The maximum absolute atomic E-state index is 11.7. The molecule has 140 valence electrons. The third-order valence-electron chi connectivity index (χ3n) is 4.80. The summed E-state index contributed by atoms with van der Waals surface area (Å²) >= 11 is 1.30. The highest BCUT2D eigenvalue weighted by atomic mass is 32.1. The van der Waals surface area contributed by atoms with Crippen LogP contribution in [0, 0.1) is 6.92 Å². The molecule has 9 heteroatoms. The molecule has 2 aromatic rings. The van der Waals surface area contributed by atoms with E-state index in [1.165, 1.54) is 11.5 Å². The van der Waals surface area contributed by atoms with Gasteiger partial charge < -0.3 is 21.7 Å². The average Bonchev–Trinajstić information content (AvgIpc) is 3.00. The van der Waals surface area contributed by atoms with Gasteiger partial charge in [-0.15, -0.1) is 0 Å². The molecule has 0 unspecified atom stereocenters. The predicted molar refractivity (Wildman–Crippen MR) is 104 cm³/mol. The molecule has 3 rings (SSSR count). The number of aryl methyl sites for hydroxylation is 1. The maximum atomic E-state index is 11.7.